The molecule has 5 heteroatoms. The van der Waals surface area contributed by atoms with Gasteiger partial charge < -0.3 is 5.32 Å². The summed E-state index contributed by atoms with van der Waals surface area (Å²) in [5, 5.41) is 7.69. The van der Waals surface area contributed by atoms with Crippen molar-refractivity contribution in [3.05, 3.63) is 88.4 Å². The molecule has 4 aromatic rings. The second kappa shape index (κ2) is 9.24. The number of aliphatic imine (C=N–C) groups is 1. The van der Waals surface area contributed by atoms with Gasteiger partial charge in [-0.2, -0.15) is 0 Å². The summed E-state index contributed by atoms with van der Waals surface area (Å²) in [7, 11) is 0. The molecule has 150 valence electrons. The molecule has 0 bridgehead atoms. The molecule has 2 aromatic carbocycles. The number of rotatable bonds is 6. The van der Waals surface area contributed by atoms with Gasteiger partial charge in [0.2, 0.25) is 0 Å². The van der Waals surface area contributed by atoms with Crippen LogP contribution < -0.4 is 5.32 Å². The first kappa shape index (κ1) is 20.3. The fourth-order valence-electron chi connectivity index (χ4n) is 3.37. The first-order valence-electron chi connectivity index (χ1n) is 9.81. The van der Waals surface area contributed by atoms with Crippen molar-refractivity contribution in [1.29, 1.82) is 0 Å². The maximum Gasteiger partial charge on any atom is 0.126 e. The van der Waals surface area contributed by atoms with Gasteiger partial charge in [0.05, 0.1) is 11.4 Å². The van der Waals surface area contributed by atoms with Gasteiger partial charge in [0, 0.05) is 39.8 Å². The van der Waals surface area contributed by atoms with E-state index in [1.165, 1.54) is 16.7 Å². The number of pyridine rings is 1. The predicted octanol–water partition coefficient (Wildman–Crippen LogP) is 7.68. The summed E-state index contributed by atoms with van der Waals surface area (Å²) in [6.45, 7) is 4.60. The lowest BCUT2D eigenvalue weighted by molar-refractivity contribution is 1.15. The van der Waals surface area contributed by atoms with Crippen molar-refractivity contribution in [2.75, 3.05) is 5.32 Å². The Balaban J connectivity index is 1.82. The molecule has 0 aliphatic carbocycles. The zero-order valence-corrected chi connectivity index (χ0v) is 18.5. The molecule has 0 radical (unpaired) electrons. The maximum absolute atomic E-state index is 6.04. The van der Waals surface area contributed by atoms with Gasteiger partial charge in [0.25, 0.3) is 0 Å². The topological polar surface area (TPSA) is 37.3 Å². The summed E-state index contributed by atoms with van der Waals surface area (Å²) in [5.41, 5.74) is 6.32. The van der Waals surface area contributed by atoms with Crippen LogP contribution in [0.5, 0.6) is 0 Å². The first-order chi connectivity index (χ1) is 14.7. The molecule has 0 saturated heterocycles. The molecule has 2 aromatic heterocycles. The zero-order chi connectivity index (χ0) is 20.9. The van der Waals surface area contributed by atoms with Crippen LogP contribution in [-0.2, 0) is 6.54 Å². The van der Waals surface area contributed by atoms with Crippen LogP contribution in [0, 0.1) is 0 Å². The van der Waals surface area contributed by atoms with Crippen LogP contribution in [-0.4, -0.2) is 11.2 Å². The van der Waals surface area contributed by atoms with Gasteiger partial charge in [-0.05, 0) is 43.2 Å². The van der Waals surface area contributed by atoms with Crippen LogP contribution in [0.2, 0.25) is 5.02 Å². The number of nitrogens with one attached hydrogen (secondary N) is 1. The van der Waals surface area contributed by atoms with E-state index in [-0.39, 0.29) is 0 Å². The van der Waals surface area contributed by atoms with Crippen molar-refractivity contribution in [1.82, 2.24) is 4.98 Å². The minimum Gasteiger partial charge on any atom is -0.380 e. The number of thiophene rings is 1. The molecule has 2 heterocycles. The Morgan fingerprint density at radius 3 is 2.57 bits per heavy atom. The molecule has 3 nitrogen and oxygen atoms in total. The van der Waals surface area contributed by atoms with E-state index >= 15 is 0 Å². The lowest BCUT2D eigenvalue weighted by Crippen LogP contribution is -2.02. The smallest absolute Gasteiger partial charge is 0.126 e. The van der Waals surface area contributed by atoms with Crippen molar-refractivity contribution >= 4 is 50.8 Å². The van der Waals surface area contributed by atoms with E-state index in [0.29, 0.717) is 6.54 Å². The van der Waals surface area contributed by atoms with E-state index in [9.17, 15) is 0 Å². The Labute approximate surface area is 185 Å². The Hall–Kier alpha value is -2.95. The van der Waals surface area contributed by atoms with Crippen LogP contribution in [0.4, 0.5) is 5.69 Å². The van der Waals surface area contributed by atoms with E-state index in [1.54, 1.807) is 17.6 Å². The largest absolute Gasteiger partial charge is 0.380 e. The second-order valence-electron chi connectivity index (χ2n) is 6.79. The average Bonchev–Trinajstić information content (AvgIpc) is 3.21. The number of fused-ring (bicyclic) bond motifs is 1. The molecule has 0 amide bonds. The van der Waals surface area contributed by atoms with Gasteiger partial charge in [-0.3, -0.25) is 4.99 Å². The summed E-state index contributed by atoms with van der Waals surface area (Å²) >= 11 is 7.69. The average molecular weight is 432 g/mol. The zero-order valence-electron chi connectivity index (χ0n) is 16.9. The molecule has 30 heavy (non-hydrogen) atoms. The number of anilines is 1. The fourth-order valence-corrected chi connectivity index (χ4v) is 4.47. The molecule has 0 atom stereocenters. The number of hydrogen-bond donors (Lipinski definition) is 1. The minimum absolute atomic E-state index is 0.696. The molecule has 0 spiro atoms. The third-order valence-electron chi connectivity index (χ3n) is 4.83. The minimum atomic E-state index is 0.696. The molecule has 0 saturated carbocycles. The second-order valence-corrected chi connectivity index (χ2v) is 8.09. The lowest BCUT2D eigenvalue weighted by atomic mass is 10.0. The lowest BCUT2D eigenvalue weighted by Gasteiger charge is -2.12. The normalized spacial score (nSPS) is 12.0. The fraction of sp³-hybridized carbons (Fsp3) is 0.120. The summed E-state index contributed by atoms with van der Waals surface area (Å²) in [6.07, 6.45) is 3.79. The van der Waals surface area contributed by atoms with E-state index in [1.807, 2.05) is 50.3 Å². The number of nitrogens with zero attached hydrogens (tertiary/aromatic N) is 2. The summed E-state index contributed by atoms with van der Waals surface area (Å²) in [5.74, 6) is 0. The quantitative estimate of drug-likeness (QED) is 0.318. The highest BCUT2D eigenvalue weighted by molar-refractivity contribution is 7.17. The molecule has 4 rings (SSSR count). The van der Waals surface area contributed by atoms with Crippen molar-refractivity contribution in [2.45, 2.75) is 20.4 Å². The van der Waals surface area contributed by atoms with E-state index in [2.05, 4.69) is 46.0 Å². The predicted molar refractivity (Wildman–Crippen MR) is 132 cm³/mol. The SMILES string of the molecule is CC=N/C(=C\C)c1cc(NCc2ccc(Cl)cc2)c2c(-c3ccccc3)csc2n1. The van der Waals surface area contributed by atoms with Crippen LogP contribution in [0.1, 0.15) is 25.1 Å². The standard InChI is InChI=1S/C25H22ClN3S/c1-3-21(27-4-2)22-14-23(28-15-17-10-12-19(26)13-11-17)24-20(16-30-25(24)29-22)18-8-6-5-7-9-18/h3-14,16H,15H2,1-2H3,(H,28,29)/b21-3-,27-4?. The highest BCUT2D eigenvalue weighted by Crippen LogP contribution is 2.39. The molecule has 1 N–H and O–H groups in total. The monoisotopic (exact) mass is 431 g/mol. The van der Waals surface area contributed by atoms with Gasteiger partial charge in [-0.25, -0.2) is 4.98 Å². The highest BCUT2D eigenvalue weighted by atomic mass is 35.5. The molecule has 0 fully saturated rings. The molecular formula is C25H22ClN3S. The van der Waals surface area contributed by atoms with Gasteiger partial charge in [-0.1, -0.05) is 60.1 Å². The number of allylic oxidation sites excluding steroid dienone is 1. The maximum atomic E-state index is 6.04. The van der Waals surface area contributed by atoms with Crippen molar-refractivity contribution in [3.63, 3.8) is 0 Å². The molecule has 0 aliphatic heterocycles. The highest BCUT2D eigenvalue weighted by Gasteiger charge is 2.15. The Bertz CT molecular complexity index is 1210. The Morgan fingerprint density at radius 1 is 1.10 bits per heavy atom. The third-order valence-corrected chi connectivity index (χ3v) is 5.95. The van der Waals surface area contributed by atoms with Crippen molar-refractivity contribution < 1.29 is 0 Å². The van der Waals surface area contributed by atoms with Crippen molar-refractivity contribution in [2.24, 2.45) is 4.99 Å². The Kier molecular flexibility index (Phi) is 6.26. The first-order valence-corrected chi connectivity index (χ1v) is 11.1. The van der Waals surface area contributed by atoms with Crippen LogP contribution in [0.15, 0.2) is 77.1 Å². The number of benzene rings is 2. The van der Waals surface area contributed by atoms with E-state index in [4.69, 9.17) is 16.6 Å². The molecule has 0 unspecified atom stereocenters. The van der Waals surface area contributed by atoms with E-state index in [0.717, 1.165) is 32.3 Å². The van der Waals surface area contributed by atoms with Crippen LogP contribution in [0.25, 0.3) is 27.0 Å². The van der Waals surface area contributed by atoms with Gasteiger partial charge in [-0.15, -0.1) is 11.3 Å². The van der Waals surface area contributed by atoms with Gasteiger partial charge in [0.15, 0.2) is 0 Å². The van der Waals surface area contributed by atoms with Crippen LogP contribution >= 0.6 is 22.9 Å². The van der Waals surface area contributed by atoms with Crippen LogP contribution in [0.3, 0.4) is 0 Å². The van der Waals surface area contributed by atoms with Gasteiger partial charge >= 0.3 is 0 Å². The molecular weight excluding hydrogens is 410 g/mol. The summed E-state index contributed by atoms with van der Waals surface area (Å²) in [4.78, 5) is 10.4. The van der Waals surface area contributed by atoms with E-state index < -0.39 is 0 Å². The van der Waals surface area contributed by atoms with Gasteiger partial charge in [0.1, 0.15) is 4.83 Å². The number of halogens is 1. The molecule has 0 aliphatic rings. The summed E-state index contributed by atoms with van der Waals surface area (Å²) < 4.78 is 0. The third kappa shape index (κ3) is 4.30. The number of aromatic nitrogens is 1. The van der Waals surface area contributed by atoms with Crippen molar-refractivity contribution in [3.8, 4) is 11.1 Å². The summed E-state index contributed by atoms with van der Waals surface area (Å²) in [6, 6.07) is 20.5. The number of hydrogen-bond acceptors (Lipinski definition) is 4. The Morgan fingerprint density at radius 2 is 1.87 bits per heavy atom.